The zero-order chi connectivity index (χ0) is 15.1. The van der Waals surface area contributed by atoms with E-state index in [1.54, 1.807) is 12.1 Å². The van der Waals surface area contributed by atoms with Crippen molar-refractivity contribution in [1.29, 1.82) is 0 Å². The summed E-state index contributed by atoms with van der Waals surface area (Å²) in [6.45, 7) is 5.50. The number of amides is 1. The van der Waals surface area contributed by atoms with Crippen LogP contribution in [0.4, 0.5) is 10.1 Å². The van der Waals surface area contributed by atoms with Crippen LogP contribution in [0, 0.1) is 5.82 Å². The van der Waals surface area contributed by atoms with Gasteiger partial charge in [-0.2, -0.15) is 0 Å². The van der Waals surface area contributed by atoms with Crippen LogP contribution in [0.15, 0.2) is 24.3 Å². The Hall–Kier alpha value is -1.17. The van der Waals surface area contributed by atoms with E-state index in [1.165, 1.54) is 12.1 Å². The Balaban J connectivity index is 0.00000242. The van der Waals surface area contributed by atoms with Crippen molar-refractivity contribution < 1.29 is 9.18 Å². The summed E-state index contributed by atoms with van der Waals surface area (Å²) in [4.78, 5) is 14.4. The molecule has 2 rings (SSSR count). The molecule has 1 amide bonds. The Labute approximate surface area is 137 Å². The highest BCUT2D eigenvalue weighted by atomic mass is 35.5. The molecule has 1 aliphatic heterocycles. The minimum atomic E-state index is -0.296. The predicted octanol–water partition coefficient (Wildman–Crippen LogP) is 2.65. The third-order valence-corrected chi connectivity index (χ3v) is 3.81. The molecule has 0 aliphatic carbocycles. The summed E-state index contributed by atoms with van der Waals surface area (Å²) in [6, 6.07) is 6.35. The van der Waals surface area contributed by atoms with Crippen LogP contribution < -0.4 is 10.6 Å². The third-order valence-electron chi connectivity index (χ3n) is 3.81. The van der Waals surface area contributed by atoms with Gasteiger partial charge in [0.1, 0.15) is 5.82 Å². The highest BCUT2D eigenvalue weighted by Gasteiger charge is 2.22. The van der Waals surface area contributed by atoms with E-state index in [4.69, 9.17) is 0 Å². The molecule has 1 heterocycles. The first kappa shape index (κ1) is 18.9. The summed E-state index contributed by atoms with van der Waals surface area (Å²) in [5.41, 5.74) is 0.642. The molecule has 1 fully saturated rings. The van der Waals surface area contributed by atoms with E-state index in [0.717, 1.165) is 38.9 Å². The fraction of sp³-hybridized carbons (Fsp3) is 0.562. The molecule has 0 saturated carbocycles. The molecule has 22 heavy (non-hydrogen) atoms. The second-order valence-electron chi connectivity index (χ2n) is 5.51. The van der Waals surface area contributed by atoms with Crippen LogP contribution in [-0.2, 0) is 4.79 Å². The molecule has 6 heteroatoms. The van der Waals surface area contributed by atoms with Crippen molar-refractivity contribution in [2.24, 2.45) is 0 Å². The van der Waals surface area contributed by atoms with Crippen LogP contribution >= 0.6 is 12.4 Å². The number of nitrogens with one attached hydrogen (secondary N) is 2. The van der Waals surface area contributed by atoms with Crippen LogP contribution in [0.3, 0.4) is 0 Å². The molecule has 4 nitrogen and oxygen atoms in total. The van der Waals surface area contributed by atoms with Gasteiger partial charge in [0, 0.05) is 11.7 Å². The van der Waals surface area contributed by atoms with E-state index in [2.05, 4.69) is 22.5 Å². The van der Waals surface area contributed by atoms with Crippen LogP contribution in [0.5, 0.6) is 0 Å². The predicted molar refractivity (Wildman–Crippen MR) is 90.0 cm³/mol. The molecule has 0 unspecified atom stereocenters. The number of rotatable bonds is 6. The second kappa shape index (κ2) is 9.77. The first-order chi connectivity index (χ1) is 10.2. The molecule has 0 spiro atoms. The average molecular weight is 330 g/mol. The minimum Gasteiger partial charge on any atom is -0.325 e. The summed E-state index contributed by atoms with van der Waals surface area (Å²) < 4.78 is 12.9. The maximum Gasteiger partial charge on any atom is 0.238 e. The largest absolute Gasteiger partial charge is 0.325 e. The molecule has 1 saturated heterocycles. The van der Waals surface area contributed by atoms with Gasteiger partial charge in [-0.3, -0.25) is 9.69 Å². The molecule has 0 aromatic heterocycles. The van der Waals surface area contributed by atoms with E-state index in [0.29, 0.717) is 18.3 Å². The molecule has 124 valence electrons. The maximum atomic E-state index is 12.9. The summed E-state index contributed by atoms with van der Waals surface area (Å²) in [5.74, 6) is -0.330. The van der Waals surface area contributed by atoms with Gasteiger partial charge in [-0.05, 0) is 63.2 Å². The standard InChI is InChI=1S/C16H24FN3O.ClH/c1-2-11-20(15-7-9-18-10-8-15)12-16(21)19-14-5-3-13(17)4-6-14;/h3-6,15,18H,2,7-12H2,1H3,(H,19,21);1H. The number of carbonyl (C=O) groups is 1. The van der Waals surface area contributed by atoms with Crippen LogP contribution in [0.1, 0.15) is 26.2 Å². The highest BCUT2D eigenvalue weighted by molar-refractivity contribution is 5.92. The number of hydrogen-bond donors (Lipinski definition) is 2. The molecule has 1 aromatic carbocycles. The van der Waals surface area contributed by atoms with E-state index in [-0.39, 0.29) is 24.1 Å². The van der Waals surface area contributed by atoms with Crippen molar-refractivity contribution in [3.8, 4) is 0 Å². The molecule has 1 aromatic rings. The van der Waals surface area contributed by atoms with E-state index < -0.39 is 0 Å². The summed E-state index contributed by atoms with van der Waals surface area (Å²) in [7, 11) is 0. The Morgan fingerprint density at radius 3 is 2.55 bits per heavy atom. The Kier molecular flexibility index (Phi) is 8.38. The minimum absolute atomic E-state index is 0. The maximum absolute atomic E-state index is 12.9. The number of piperidine rings is 1. The number of benzene rings is 1. The highest BCUT2D eigenvalue weighted by Crippen LogP contribution is 2.13. The van der Waals surface area contributed by atoms with Gasteiger partial charge in [0.15, 0.2) is 0 Å². The first-order valence-electron chi connectivity index (χ1n) is 7.69. The summed E-state index contributed by atoms with van der Waals surface area (Å²) in [5, 5.41) is 6.18. The van der Waals surface area contributed by atoms with Gasteiger partial charge in [0.25, 0.3) is 0 Å². The third kappa shape index (κ3) is 5.91. The molecular weight excluding hydrogens is 305 g/mol. The van der Waals surface area contributed by atoms with Crippen LogP contribution in [-0.4, -0.2) is 43.0 Å². The normalized spacial score (nSPS) is 15.4. The zero-order valence-electron chi connectivity index (χ0n) is 13.0. The van der Waals surface area contributed by atoms with Crippen molar-refractivity contribution in [3.63, 3.8) is 0 Å². The number of nitrogens with zero attached hydrogens (tertiary/aromatic N) is 1. The smallest absolute Gasteiger partial charge is 0.238 e. The van der Waals surface area contributed by atoms with Crippen LogP contribution in [0.25, 0.3) is 0 Å². The van der Waals surface area contributed by atoms with Gasteiger partial charge in [-0.25, -0.2) is 4.39 Å². The van der Waals surface area contributed by atoms with Crippen molar-refractivity contribution in [2.75, 3.05) is 31.5 Å². The lowest BCUT2D eigenvalue weighted by molar-refractivity contribution is -0.118. The van der Waals surface area contributed by atoms with Gasteiger partial charge in [-0.1, -0.05) is 6.92 Å². The Morgan fingerprint density at radius 2 is 1.95 bits per heavy atom. The molecule has 0 atom stereocenters. The Morgan fingerprint density at radius 1 is 1.32 bits per heavy atom. The molecule has 0 bridgehead atoms. The quantitative estimate of drug-likeness (QED) is 0.843. The van der Waals surface area contributed by atoms with Gasteiger partial charge in [-0.15, -0.1) is 12.4 Å². The zero-order valence-corrected chi connectivity index (χ0v) is 13.8. The van der Waals surface area contributed by atoms with Gasteiger partial charge < -0.3 is 10.6 Å². The number of hydrogen-bond acceptors (Lipinski definition) is 3. The molecule has 2 N–H and O–H groups in total. The van der Waals surface area contributed by atoms with Gasteiger partial charge >= 0.3 is 0 Å². The fourth-order valence-electron chi connectivity index (χ4n) is 2.77. The van der Waals surface area contributed by atoms with Crippen molar-refractivity contribution >= 4 is 24.0 Å². The van der Waals surface area contributed by atoms with Crippen molar-refractivity contribution in [1.82, 2.24) is 10.2 Å². The van der Waals surface area contributed by atoms with Gasteiger partial charge in [0.2, 0.25) is 5.91 Å². The SMILES string of the molecule is CCCN(CC(=O)Nc1ccc(F)cc1)C1CCNCC1.Cl. The van der Waals surface area contributed by atoms with E-state index in [1.807, 2.05) is 0 Å². The lowest BCUT2D eigenvalue weighted by atomic mass is 10.0. The second-order valence-corrected chi connectivity index (χ2v) is 5.51. The lowest BCUT2D eigenvalue weighted by Crippen LogP contribution is -2.46. The number of anilines is 1. The van der Waals surface area contributed by atoms with Gasteiger partial charge in [0.05, 0.1) is 6.54 Å². The van der Waals surface area contributed by atoms with Crippen molar-refractivity contribution in [2.45, 2.75) is 32.2 Å². The fourth-order valence-corrected chi connectivity index (χ4v) is 2.77. The number of halogens is 2. The molecular formula is C16H25ClFN3O. The monoisotopic (exact) mass is 329 g/mol. The van der Waals surface area contributed by atoms with Crippen LogP contribution in [0.2, 0.25) is 0 Å². The average Bonchev–Trinajstić information content (AvgIpc) is 2.50. The molecule has 1 aliphatic rings. The number of carbonyl (C=O) groups excluding carboxylic acids is 1. The Bertz CT molecular complexity index is 449. The lowest BCUT2D eigenvalue weighted by Gasteiger charge is -2.34. The van der Waals surface area contributed by atoms with E-state index in [9.17, 15) is 9.18 Å². The summed E-state index contributed by atoms with van der Waals surface area (Å²) >= 11 is 0. The first-order valence-corrected chi connectivity index (χ1v) is 7.69. The van der Waals surface area contributed by atoms with E-state index >= 15 is 0 Å². The molecule has 0 radical (unpaired) electrons. The summed E-state index contributed by atoms with van der Waals surface area (Å²) in [6.07, 6.45) is 3.21. The van der Waals surface area contributed by atoms with Crippen molar-refractivity contribution in [3.05, 3.63) is 30.1 Å². The topological polar surface area (TPSA) is 44.4 Å².